The number of aryl methyl sites for hydroxylation is 1. The van der Waals surface area contributed by atoms with Crippen molar-refractivity contribution in [3.8, 4) is 11.4 Å². The smallest absolute Gasteiger partial charge is 0.331 e. The van der Waals surface area contributed by atoms with Gasteiger partial charge in [-0.1, -0.05) is 29.8 Å². The Morgan fingerprint density at radius 3 is 2.24 bits per heavy atom. The van der Waals surface area contributed by atoms with Gasteiger partial charge in [0.05, 0.1) is 6.54 Å². The molecular formula is C24H22FN5O3. The lowest BCUT2D eigenvalue weighted by Gasteiger charge is -2.09. The van der Waals surface area contributed by atoms with Gasteiger partial charge in [-0.3, -0.25) is 18.7 Å². The van der Waals surface area contributed by atoms with Crippen LogP contribution in [-0.2, 0) is 6.54 Å². The minimum atomic E-state index is -0.848. The van der Waals surface area contributed by atoms with Crippen molar-refractivity contribution in [2.75, 3.05) is 0 Å². The first-order valence-electron chi connectivity index (χ1n) is 10.4. The van der Waals surface area contributed by atoms with Gasteiger partial charge in [0.2, 0.25) is 0 Å². The quantitative estimate of drug-likeness (QED) is 0.456. The largest absolute Gasteiger partial charge is 0.364 e. The number of aromatic nitrogens is 4. The number of carbonyl (C=O) groups is 2. The van der Waals surface area contributed by atoms with Crippen LogP contribution in [0.25, 0.3) is 22.6 Å². The number of benzene rings is 2. The minimum Gasteiger partial charge on any atom is -0.364 e. The summed E-state index contributed by atoms with van der Waals surface area (Å²) in [4.78, 5) is 47.5. The number of Topliss-reactive ketones (excluding diaryl/α,β-unsaturated/α-hetero) is 1. The molecule has 0 aliphatic carbocycles. The molecule has 2 heterocycles. The van der Waals surface area contributed by atoms with E-state index in [9.17, 15) is 18.8 Å². The van der Waals surface area contributed by atoms with Gasteiger partial charge in [-0.25, -0.2) is 19.2 Å². The predicted molar refractivity (Wildman–Crippen MR) is 122 cm³/mol. The van der Waals surface area contributed by atoms with Gasteiger partial charge in [0.25, 0.3) is 5.91 Å². The van der Waals surface area contributed by atoms with Crippen molar-refractivity contribution in [3.63, 3.8) is 0 Å². The summed E-state index contributed by atoms with van der Waals surface area (Å²) >= 11 is 0. The van der Waals surface area contributed by atoms with E-state index in [1.807, 2.05) is 31.2 Å². The standard InChI is InChI=1S/C24H22FN5O3/c1-13(2)30-23-20(29(24(30)33)12-18(31)15-8-10-17(25)11-9-15)19(21(26)32)27-22(28-23)16-6-4-14(3)5-7-16/h4-11,13H,12H2,1-3H3,(H2,26,32). The van der Waals surface area contributed by atoms with Gasteiger partial charge in [0.1, 0.15) is 11.3 Å². The zero-order valence-corrected chi connectivity index (χ0v) is 18.4. The Morgan fingerprint density at radius 2 is 1.67 bits per heavy atom. The van der Waals surface area contributed by atoms with E-state index in [1.165, 1.54) is 28.8 Å². The first-order valence-corrected chi connectivity index (χ1v) is 10.4. The normalized spacial score (nSPS) is 11.3. The average Bonchev–Trinajstić information content (AvgIpc) is 3.05. The van der Waals surface area contributed by atoms with Crippen molar-refractivity contribution in [2.24, 2.45) is 5.73 Å². The van der Waals surface area contributed by atoms with E-state index in [0.717, 1.165) is 10.1 Å². The number of nitrogens with zero attached hydrogens (tertiary/aromatic N) is 4. The Morgan fingerprint density at radius 1 is 1.03 bits per heavy atom. The molecule has 0 aliphatic rings. The van der Waals surface area contributed by atoms with Gasteiger partial charge in [-0.2, -0.15) is 0 Å². The third-order valence-electron chi connectivity index (χ3n) is 5.33. The Balaban J connectivity index is 1.95. The molecule has 0 radical (unpaired) electrons. The summed E-state index contributed by atoms with van der Waals surface area (Å²) in [5.41, 5.74) is 7.18. The number of carbonyl (C=O) groups excluding carboxylic acids is 2. The molecule has 2 aromatic carbocycles. The number of rotatable bonds is 6. The molecule has 1 amide bonds. The maximum Gasteiger partial charge on any atom is 0.331 e. The van der Waals surface area contributed by atoms with E-state index in [2.05, 4.69) is 9.97 Å². The molecule has 0 aliphatic heterocycles. The molecule has 2 N–H and O–H groups in total. The van der Waals surface area contributed by atoms with Gasteiger partial charge in [0.15, 0.2) is 22.9 Å². The van der Waals surface area contributed by atoms with Gasteiger partial charge >= 0.3 is 5.69 Å². The van der Waals surface area contributed by atoms with E-state index < -0.39 is 23.2 Å². The van der Waals surface area contributed by atoms with Gasteiger partial charge < -0.3 is 5.73 Å². The number of ketones is 1. The fraction of sp³-hybridized carbons (Fsp3) is 0.208. The summed E-state index contributed by atoms with van der Waals surface area (Å²) in [6.07, 6.45) is 0. The summed E-state index contributed by atoms with van der Waals surface area (Å²) in [6, 6.07) is 12.1. The molecule has 0 spiro atoms. The number of fused-ring (bicyclic) bond motifs is 1. The fourth-order valence-corrected chi connectivity index (χ4v) is 3.66. The van der Waals surface area contributed by atoms with Crippen molar-refractivity contribution < 1.29 is 14.0 Å². The maximum atomic E-state index is 13.3. The first-order chi connectivity index (χ1) is 15.7. The van der Waals surface area contributed by atoms with Gasteiger partial charge in [-0.05, 0) is 45.0 Å². The average molecular weight is 447 g/mol. The van der Waals surface area contributed by atoms with Crippen LogP contribution >= 0.6 is 0 Å². The number of nitrogens with two attached hydrogens (primary N) is 1. The predicted octanol–water partition coefficient (Wildman–Crippen LogP) is 3.27. The molecule has 168 valence electrons. The summed E-state index contributed by atoms with van der Waals surface area (Å²) in [5, 5.41) is 0. The molecule has 9 heteroatoms. The summed E-state index contributed by atoms with van der Waals surface area (Å²) in [6.45, 7) is 5.15. The number of imidazole rings is 1. The van der Waals surface area contributed by atoms with E-state index in [4.69, 9.17) is 5.73 Å². The molecule has 0 atom stereocenters. The first kappa shape index (κ1) is 22.1. The van der Waals surface area contributed by atoms with E-state index >= 15 is 0 Å². The zero-order valence-electron chi connectivity index (χ0n) is 18.4. The third kappa shape index (κ3) is 4.05. The molecule has 4 rings (SSSR count). The molecule has 0 saturated carbocycles. The Kier molecular flexibility index (Phi) is 5.63. The number of amides is 1. The highest BCUT2D eigenvalue weighted by Gasteiger charge is 2.26. The second kappa shape index (κ2) is 8.42. The molecule has 0 bridgehead atoms. The number of primary amides is 1. The van der Waals surface area contributed by atoms with Crippen molar-refractivity contribution in [1.29, 1.82) is 0 Å². The Bertz CT molecular complexity index is 1430. The lowest BCUT2D eigenvalue weighted by atomic mass is 10.1. The molecule has 8 nitrogen and oxygen atoms in total. The fourth-order valence-electron chi connectivity index (χ4n) is 3.66. The summed E-state index contributed by atoms with van der Waals surface area (Å²) in [5.74, 6) is -1.52. The molecule has 33 heavy (non-hydrogen) atoms. The Labute approximate surface area is 188 Å². The highest BCUT2D eigenvalue weighted by Crippen LogP contribution is 2.24. The highest BCUT2D eigenvalue weighted by atomic mass is 19.1. The number of hydrogen-bond acceptors (Lipinski definition) is 5. The van der Waals surface area contributed by atoms with Crippen LogP contribution in [0, 0.1) is 12.7 Å². The molecule has 0 unspecified atom stereocenters. The van der Waals surface area contributed by atoms with Gasteiger partial charge in [0, 0.05) is 17.2 Å². The van der Waals surface area contributed by atoms with Crippen LogP contribution in [0.5, 0.6) is 0 Å². The number of hydrogen-bond donors (Lipinski definition) is 1. The van der Waals surface area contributed by atoms with Crippen LogP contribution in [0.1, 0.15) is 46.3 Å². The van der Waals surface area contributed by atoms with E-state index in [0.29, 0.717) is 5.56 Å². The second-order valence-electron chi connectivity index (χ2n) is 8.06. The summed E-state index contributed by atoms with van der Waals surface area (Å²) in [7, 11) is 0. The Hall–Kier alpha value is -4.14. The van der Waals surface area contributed by atoms with Crippen LogP contribution in [-0.4, -0.2) is 30.8 Å². The molecule has 0 saturated heterocycles. The zero-order chi connectivity index (χ0) is 23.9. The molecule has 4 aromatic rings. The summed E-state index contributed by atoms with van der Waals surface area (Å²) < 4.78 is 15.8. The van der Waals surface area contributed by atoms with Crippen LogP contribution in [0.15, 0.2) is 53.3 Å². The topological polar surface area (TPSA) is 113 Å². The van der Waals surface area contributed by atoms with Crippen molar-refractivity contribution >= 4 is 22.9 Å². The highest BCUT2D eigenvalue weighted by molar-refractivity contribution is 6.03. The lowest BCUT2D eigenvalue weighted by molar-refractivity contribution is 0.0966. The SMILES string of the molecule is Cc1ccc(-c2nc(C(N)=O)c3c(n2)n(C(C)C)c(=O)n3CC(=O)c2ccc(F)cc2)cc1. The maximum absolute atomic E-state index is 13.3. The van der Waals surface area contributed by atoms with Crippen molar-refractivity contribution in [2.45, 2.75) is 33.4 Å². The van der Waals surface area contributed by atoms with Crippen molar-refractivity contribution in [3.05, 3.63) is 81.7 Å². The van der Waals surface area contributed by atoms with Crippen molar-refractivity contribution in [1.82, 2.24) is 19.1 Å². The van der Waals surface area contributed by atoms with Crippen LogP contribution in [0.3, 0.4) is 0 Å². The van der Waals surface area contributed by atoms with E-state index in [-0.39, 0.29) is 40.8 Å². The second-order valence-corrected chi connectivity index (χ2v) is 8.06. The monoisotopic (exact) mass is 447 g/mol. The third-order valence-corrected chi connectivity index (χ3v) is 5.33. The molecular weight excluding hydrogens is 425 g/mol. The van der Waals surface area contributed by atoms with Crippen LogP contribution in [0.4, 0.5) is 4.39 Å². The number of halogens is 1. The minimum absolute atomic E-state index is 0.0903. The van der Waals surface area contributed by atoms with Crippen LogP contribution < -0.4 is 11.4 Å². The molecule has 2 aromatic heterocycles. The van der Waals surface area contributed by atoms with Crippen LogP contribution in [0.2, 0.25) is 0 Å². The van der Waals surface area contributed by atoms with E-state index in [1.54, 1.807) is 13.8 Å². The molecule has 0 fully saturated rings. The van der Waals surface area contributed by atoms with Gasteiger partial charge in [-0.15, -0.1) is 0 Å². The lowest BCUT2D eigenvalue weighted by Crippen LogP contribution is -2.28.